The molecule has 0 bridgehead atoms. The first-order valence-electron chi connectivity index (χ1n) is 5.79. The van der Waals surface area contributed by atoms with Crippen molar-refractivity contribution < 1.29 is 14.4 Å². The molecule has 16 heavy (non-hydrogen) atoms. The Kier molecular flexibility index (Phi) is 3.47. The molecule has 2 fully saturated rings. The van der Waals surface area contributed by atoms with Gasteiger partial charge >= 0.3 is 0 Å². The molecule has 4 nitrogen and oxygen atoms in total. The van der Waals surface area contributed by atoms with Gasteiger partial charge in [0.2, 0.25) is 0 Å². The van der Waals surface area contributed by atoms with E-state index in [9.17, 15) is 4.79 Å². The summed E-state index contributed by atoms with van der Waals surface area (Å²) < 4.78 is 5.42. The van der Waals surface area contributed by atoms with Gasteiger partial charge in [0.15, 0.2) is 6.29 Å². The average molecular weight is 223 g/mol. The SMILES string of the molecule is C#CCC1C(=O)N(OC2CCCCO2)C1C. The Morgan fingerprint density at radius 1 is 1.62 bits per heavy atom. The van der Waals surface area contributed by atoms with Crippen LogP contribution in [0.1, 0.15) is 32.6 Å². The standard InChI is InChI=1S/C12H17NO3/c1-3-6-10-9(2)13(12(10)14)16-11-7-4-5-8-15-11/h1,9-11H,4-8H2,2H3. The Bertz CT molecular complexity index is 304. The van der Waals surface area contributed by atoms with Gasteiger partial charge in [-0.3, -0.25) is 4.79 Å². The van der Waals surface area contributed by atoms with Gasteiger partial charge in [-0.25, -0.2) is 9.90 Å². The van der Waals surface area contributed by atoms with Gasteiger partial charge in [-0.2, -0.15) is 0 Å². The first-order chi connectivity index (χ1) is 7.74. The van der Waals surface area contributed by atoms with Crippen LogP contribution in [0.4, 0.5) is 0 Å². The van der Waals surface area contributed by atoms with Crippen LogP contribution in [0.5, 0.6) is 0 Å². The lowest BCUT2D eigenvalue weighted by atomic mass is 9.88. The zero-order valence-electron chi connectivity index (χ0n) is 9.52. The topological polar surface area (TPSA) is 38.8 Å². The Morgan fingerprint density at radius 3 is 3.00 bits per heavy atom. The van der Waals surface area contributed by atoms with E-state index in [2.05, 4.69) is 5.92 Å². The van der Waals surface area contributed by atoms with Gasteiger partial charge in [0, 0.05) is 19.4 Å². The van der Waals surface area contributed by atoms with E-state index in [0.29, 0.717) is 6.42 Å². The quantitative estimate of drug-likeness (QED) is 0.535. The Balaban J connectivity index is 1.83. The number of ether oxygens (including phenoxy) is 1. The number of hydrogen-bond acceptors (Lipinski definition) is 3. The second kappa shape index (κ2) is 4.86. The van der Waals surface area contributed by atoms with E-state index < -0.39 is 0 Å². The van der Waals surface area contributed by atoms with Crippen LogP contribution in [-0.4, -0.2) is 29.9 Å². The monoisotopic (exact) mass is 223 g/mol. The summed E-state index contributed by atoms with van der Waals surface area (Å²) >= 11 is 0. The predicted octanol–water partition coefficient (Wildman–Crippen LogP) is 1.31. The van der Waals surface area contributed by atoms with E-state index in [0.717, 1.165) is 25.9 Å². The molecule has 2 heterocycles. The molecule has 2 rings (SSSR count). The smallest absolute Gasteiger partial charge is 0.252 e. The van der Waals surface area contributed by atoms with Crippen LogP contribution in [0.25, 0.3) is 0 Å². The third-order valence-corrected chi connectivity index (χ3v) is 3.19. The molecule has 0 aromatic rings. The summed E-state index contributed by atoms with van der Waals surface area (Å²) in [6.45, 7) is 2.67. The number of carbonyl (C=O) groups is 1. The van der Waals surface area contributed by atoms with Gasteiger partial charge in [-0.05, 0) is 19.8 Å². The maximum Gasteiger partial charge on any atom is 0.252 e. The minimum Gasteiger partial charge on any atom is -0.350 e. The first-order valence-corrected chi connectivity index (χ1v) is 5.79. The van der Waals surface area contributed by atoms with Gasteiger partial charge in [0.25, 0.3) is 5.91 Å². The highest BCUT2D eigenvalue weighted by Gasteiger charge is 2.46. The van der Waals surface area contributed by atoms with Crippen LogP contribution in [0, 0.1) is 18.3 Å². The van der Waals surface area contributed by atoms with Crippen molar-refractivity contribution in [1.82, 2.24) is 5.06 Å². The summed E-state index contributed by atoms with van der Waals surface area (Å²) in [5.74, 6) is 2.43. The first kappa shape index (κ1) is 11.4. The number of carbonyl (C=O) groups excluding carboxylic acids is 1. The van der Waals surface area contributed by atoms with E-state index in [1.54, 1.807) is 0 Å². The molecule has 2 aliphatic heterocycles. The number of nitrogens with zero attached hydrogens (tertiary/aromatic N) is 1. The van der Waals surface area contributed by atoms with Gasteiger partial charge in [0.05, 0.1) is 12.0 Å². The highest BCUT2D eigenvalue weighted by molar-refractivity contribution is 5.85. The molecule has 3 atom stereocenters. The van der Waals surface area contributed by atoms with E-state index in [1.807, 2.05) is 6.92 Å². The van der Waals surface area contributed by atoms with Gasteiger partial charge in [-0.15, -0.1) is 12.3 Å². The van der Waals surface area contributed by atoms with Crippen LogP contribution >= 0.6 is 0 Å². The minimum absolute atomic E-state index is 0.0142. The summed E-state index contributed by atoms with van der Waals surface area (Å²) in [5, 5.41) is 1.41. The van der Waals surface area contributed by atoms with Crippen LogP contribution in [0.15, 0.2) is 0 Å². The highest BCUT2D eigenvalue weighted by Crippen LogP contribution is 2.31. The van der Waals surface area contributed by atoms with E-state index in [1.165, 1.54) is 5.06 Å². The molecule has 0 aromatic carbocycles. The van der Waals surface area contributed by atoms with E-state index >= 15 is 0 Å². The predicted molar refractivity (Wildman–Crippen MR) is 57.9 cm³/mol. The van der Waals surface area contributed by atoms with Crippen LogP contribution in [-0.2, 0) is 14.4 Å². The zero-order valence-corrected chi connectivity index (χ0v) is 9.52. The third-order valence-electron chi connectivity index (χ3n) is 3.19. The molecule has 88 valence electrons. The fourth-order valence-electron chi connectivity index (χ4n) is 2.11. The minimum atomic E-state index is -0.257. The largest absolute Gasteiger partial charge is 0.350 e. The fourth-order valence-corrected chi connectivity index (χ4v) is 2.11. The number of terminal acetylenes is 1. The van der Waals surface area contributed by atoms with Gasteiger partial charge in [0.1, 0.15) is 0 Å². The normalized spacial score (nSPS) is 34.4. The van der Waals surface area contributed by atoms with Crippen molar-refractivity contribution in [2.45, 2.75) is 44.9 Å². The summed E-state index contributed by atoms with van der Waals surface area (Å²) in [5.41, 5.74) is 0. The maximum absolute atomic E-state index is 11.7. The molecule has 0 spiro atoms. The van der Waals surface area contributed by atoms with Gasteiger partial charge in [-0.1, -0.05) is 0 Å². The molecular formula is C12H17NO3. The zero-order chi connectivity index (χ0) is 11.5. The molecule has 0 saturated carbocycles. The van der Waals surface area contributed by atoms with Crippen LogP contribution < -0.4 is 0 Å². The Labute approximate surface area is 95.8 Å². The molecular weight excluding hydrogens is 206 g/mol. The molecule has 2 saturated heterocycles. The molecule has 0 radical (unpaired) electrons. The maximum atomic E-state index is 11.7. The van der Waals surface area contributed by atoms with Crippen molar-refractivity contribution >= 4 is 5.91 Å². The second-order valence-electron chi connectivity index (χ2n) is 4.32. The molecule has 0 aromatic heterocycles. The molecule has 0 aliphatic carbocycles. The number of hydrogen-bond donors (Lipinski definition) is 0. The second-order valence-corrected chi connectivity index (χ2v) is 4.32. The fraction of sp³-hybridized carbons (Fsp3) is 0.750. The summed E-state index contributed by atoms with van der Waals surface area (Å²) in [4.78, 5) is 17.2. The van der Waals surface area contributed by atoms with Crippen molar-refractivity contribution in [3.05, 3.63) is 0 Å². The highest BCUT2D eigenvalue weighted by atomic mass is 16.8. The van der Waals surface area contributed by atoms with Crippen molar-refractivity contribution in [3.63, 3.8) is 0 Å². The summed E-state index contributed by atoms with van der Waals surface area (Å²) in [6.07, 6.45) is 8.46. The number of β-lactam (4-membered cyclic amide) rings is 1. The van der Waals surface area contributed by atoms with E-state index in [-0.39, 0.29) is 24.2 Å². The lowest BCUT2D eigenvalue weighted by molar-refractivity contribution is -0.316. The molecule has 4 heteroatoms. The number of rotatable bonds is 3. The van der Waals surface area contributed by atoms with Crippen molar-refractivity contribution in [2.75, 3.05) is 6.61 Å². The lowest BCUT2D eigenvalue weighted by Gasteiger charge is -2.44. The Morgan fingerprint density at radius 2 is 2.44 bits per heavy atom. The molecule has 0 N–H and O–H groups in total. The molecule has 1 amide bonds. The summed E-state index contributed by atoms with van der Waals surface area (Å²) in [7, 11) is 0. The van der Waals surface area contributed by atoms with Crippen molar-refractivity contribution in [3.8, 4) is 12.3 Å². The van der Waals surface area contributed by atoms with E-state index in [4.69, 9.17) is 16.0 Å². The lowest BCUT2D eigenvalue weighted by Crippen LogP contribution is -2.60. The van der Waals surface area contributed by atoms with Crippen molar-refractivity contribution in [1.29, 1.82) is 0 Å². The van der Waals surface area contributed by atoms with Crippen LogP contribution in [0.2, 0.25) is 0 Å². The van der Waals surface area contributed by atoms with Crippen molar-refractivity contribution in [2.24, 2.45) is 5.92 Å². The summed E-state index contributed by atoms with van der Waals surface area (Å²) in [6, 6.07) is 0.0640. The van der Waals surface area contributed by atoms with Crippen LogP contribution in [0.3, 0.4) is 0 Å². The average Bonchev–Trinajstić information content (AvgIpc) is 2.34. The number of amides is 1. The Hall–Kier alpha value is -1.05. The van der Waals surface area contributed by atoms with Gasteiger partial charge < -0.3 is 4.74 Å². The third kappa shape index (κ3) is 2.06. The molecule has 3 unspecified atom stereocenters. The molecule has 2 aliphatic rings. The number of hydroxylamine groups is 2.